The predicted octanol–water partition coefficient (Wildman–Crippen LogP) is 6.35. The van der Waals surface area contributed by atoms with Gasteiger partial charge in [0, 0.05) is 11.4 Å². The molecule has 0 atom stereocenters. The molecule has 0 amide bonds. The van der Waals surface area contributed by atoms with Crippen LogP contribution >= 0.6 is 0 Å². The summed E-state index contributed by atoms with van der Waals surface area (Å²) in [6.45, 7) is 10.5. The molecule has 31 heavy (non-hydrogen) atoms. The molecule has 3 aromatic carbocycles. The van der Waals surface area contributed by atoms with Crippen LogP contribution in [0.1, 0.15) is 46.6 Å². The van der Waals surface area contributed by atoms with Gasteiger partial charge in [0.05, 0.1) is 11.2 Å². The minimum atomic E-state index is -0.331. The lowest BCUT2D eigenvalue weighted by molar-refractivity contribution is 0.00578. The fraction of sp³-hybridized carbons (Fsp3) is 0.333. The second-order valence-corrected chi connectivity index (χ2v) is 9.36. The van der Waals surface area contributed by atoms with Crippen LogP contribution in [0.15, 0.2) is 72.8 Å². The van der Waals surface area contributed by atoms with E-state index in [9.17, 15) is 0 Å². The van der Waals surface area contributed by atoms with Gasteiger partial charge >= 0.3 is 7.12 Å². The van der Waals surface area contributed by atoms with E-state index in [1.807, 2.05) is 0 Å². The molecular formula is C27H32BNO2. The molecule has 160 valence electrons. The normalized spacial score (nSPS) is 17.0. The Morgan fingerprint density at radius 2 is 1.13 bits per heavy atom. The van der Waals surface area contributed by atoms with Gasteiger partial charge in [0.2, 0.25) is 0 Å². The molecule has 1 saturated heterocycles. The maximum Gasteiger partial charge on any atom is 0.494 e. The number of benzene rings is 3. The van der Waals surface area contributed by atoms with Crippen LogP contribution in [0.5, 0.6) is 0 Å². The average molecular weight is 413 g/mol. The van der Waals surface area contributed by atoms with E-state index in [0.717, 1.165) is 23.3 Å². The molecule has 0 bridgehead atoms. The van der Waals surface area contributed by atoms with Gasteiger partial charge in [-0.05, 0) is 80.5 Å². The second kappa shape index (κ2) is 8.53. The van der Waals surface area contributed by atoms with E-state index in [2.05, 4.69) is 113 Å². The Bertz CT molecular complexity index is 993. The lowest BCUT2D eigenvalue weighted by Gasteiger charge is -2.32. The van der Waals surface area contributed by atoms with Crippen molar-refractivity contribution in [2.75, 3.05) is 5.32 Å². The SMILES string of the molecule is CCCc1ccc(-c2ccc(Nc3ccc(B4OC(C)(C)C(C)(C)O4)cc3)cc2)cc1. The summed E-state index contributed by atoms with van der Waals surface area (Å²) in [5.41, 5.74) is 6.35. The Morgan fingerprint density at radius 1 is 0.677 bits per heavy atom. The Morgan fingerprint density at radius 3 is 1.61 bits per heavy atom. The Labute approximate surface area is 186 Å². The summed E-state index contributed by atoms with van der Waals surface area (Å²) in [6, 6.07) is 25.7. The number of rotatable bonds is 6. The van der Waals surface area contributed by atoms with Gasteiger partial charge in [0.25, 0.3) is 0 Å². The van der Waals surface area contributed by atoms with Crippen LogP contribution < -0.4 is 10.8 Å². The molecule has 0 aliphatic carbocycles. The zero-order valence-corrected chi connectivity index (χ0v) is 19.2. The lowest BCUT2D eigenvalue weighted by atomic mass is 9.79. The van der Waals surface area contributed by atoms with Crippen LogP contribution in [0.25, 0.3) is 11.1 Å². The smallest absolute Gasteiger partial charge is 0.399 e. The number of nitrogens with one attached hydrogen (secondary N) is 1. The summed E-state index contributed by atoms with van der Waals surface area (Å²) in [4.78, 5) is 0. The molecule has 1 heterocycles. The van der Waals surface area contributed by atoms with E-state index in [0.29, 0.717) is 0 Å². The van der Waals surface area contributed by atoms with Crippen LogP contribution in [0.3, 0.4) is 0 Å². The van der Waals surface area contributed by atoms with Crippen LogP contribution in [0.4, 0.5) is 11.4 Å². The Kier molecular flexibility index (Phi) is 5.96. The van der Waals surface area contributed by atoms with Crippen LogP contribution in [0, 0.1) is 0 Å². The first-order chi connectivity index (χ1) is 14.8. The molecule has 0 aromatic heterocycles. The molecule has 0 spiro atoms. The minimum absolute atomic E-state index is 0.327. The molecule has 0 saturated carbocycles. The molecule has 4 heteroatoms. The van der Waals surface area contributed by atoms with Gasteiger partial charge in [0.1, 0.15) is 0 Å². The van der Waals surface area contributed by atoms with Crippen molar-refractivity contribution in [3.63, 3.8) is 0 Å². The van der Waals surface area contributed by atoms with Crippen molar-refractivity contribution in [2.45, 2.75) is 58.7 Å². The van der Waals surface area contributed by atoms with Crippen molar-refractivity contribution in [3.8, 4) is 11.1 Å². The summed E-state index contributed by atoms with van der Waals surface area (Å²) < 4.78 is 12.3. The van der Waals surface area contributed by atoms with Crippen molar-refractivity contribution < 1.29 is 9.31 Å². The van der Waals surface area contributed by atoms with Crippen molar-refractivity contribution in [1.29, 1.82) is 0 Å². The zero-order valence-electron chi connectivity index (χ0n) is 19.2. The van der Waals surface area contributed by atoms with Gasteiger partial charge in [-0.2, -0.15) is 0 Å². The highest BCUT2D eigenvalue weighted by Crippen LogP contribution is 2.36. The summed E-state index contributed by atoms with van der Waals surface area (Å²) in [5.74, 6) is 0. The maximum atomic E-state index is 6.14. The molecule has 0 unspecified atom stereocenters. The third kappa shape index (κ3) is 4.71. The van der Waals surface area contributed by atoms with Crippen LogP contribution in [-0.4, -0.2) is 18.3 Å². The molecule has 1 aliphatic heterocycles. The van der Waals surface area contributed by atoms with E-state index in [4.69, 9.17) is 9.31 Å². The van der Waals surface area contributed by atoms with Gasteiger partial charge in [0.15, 0.2) is 0 Å². The Hall–Kier alpha value is -2.56. The fourth-order valence-electron chi connectivity index (χ4n) is 3.77. The zero-order chi connectivity index (χ0) is 22.1. The van der Waals surface area contributed by atoms with E-state index in [1.165, 1.54) is 23.1 Å². The first kappa shape index (κ1) is 21.7. The summed E-state index contributed by atoms with van der Waals surface area (Å²) in [5, 5.41) is 3.48. The number of aryl methyl sites for hydroxylation is 1. The highest BCUT2D eigenvalue weighted by Gasteiger charge is 2.51. The van der Waals surface area contributed by atoms with Gasteiger partial charge < -0.3 is 14.6 Å². The van der Waals surface area contributed by atoms with Gasteiger partial charge in [-0.1, -0.05) is 61.9 Å². The van der Waals surface area contributed by atoms with E-state index in [-0.39, 0.29) is 18.3 Å². The molecule has 1 N–H and O–H groups in total. The third-order valence-corrected chi connectivity index (χ3v) is 6.44. The molecule has 3 aromatic rings. The van der Waals surface area contributed by atoms with E-state index >= 15 is 0 Å². The maximum absolute atomic E-state index is 6.14. The average Bonchev–Trinajstić information content (AvgIpc) is 2.97. The van der Waals surface area contributed by atoms with Crippen molar-refractivity contribution in [1.82, 2.24) is 0 Å². The molecule has 0 radical (unpaired) electrons. The van der Waals surface area contributed by atoms with Gasteiger partial charge in [-0.25, -0.2) is 0 Å². The summed E-state index contributed by atoms with van der Waals surface area (Å²) >= 11 is 0. The standard InChI is InChI=1S/C27H32BNO2/c1-6-7-20-8-10-21(11-9-20)22-12-16-24(17-13-22)29-25-18-14-23(15-19-25)28-30-26(2,3)27(4,5)31-28/h8-19,29H,6-7H2,1-5H3. The highest BCUT2D eigenvalue weighted by molar-refractivity contribution is 6.62. The predicted molar refractivity (Wildman–Crippen MR) is 131 cm³/mol. The number of hydrogen-bond acceptors (Lipinski definition) is 3. The molecule has 3 nitrogen and oxygen atoms in total. The lowest BCUT2D eigenvalue weighted by Crippen LogP contribution is -2.41. The minimum Gasteiger partial charge on any atom is -0.399 e. The second-order valence-electron chi connectivity index (χ2n) is 9.36. The third-order valence-electron chi connectivity index (χ3n) is 6.44. The van der Waals surface area contributed by atoms with Crippen molar-refractivity contribution in [3.05, 3.63) is 78.4 Å². The summed E-state index contributed by atoms with van der Waals surface area (Å²) in [7, 11) is -0.331. The number of anilines is 2. The van der Waals surface area contributed by atoms with Crippen molar-refractivity contribution in [2.24, 2.45) is 0 Å². The monoisotopic (exact) mass is 413 g/mol. The van der Waals surface area contributed by atoms with E-state index < -0.39 is 0 Å². The molecule has 1 aliphatic rings. The topological polar surface area (TPSA) is 30.5 Å². The molecular weight excluding hydrogens is 381 g/mol. The quantitative estimate of drug-likeness (QED) is 0.478. The summed E-state index contributed by atoms with van der Waals surface area (Å²) in [6.07, 6.45) is 2.31. The van der Waals surface area contributed by atoms with E-state index in [1.54, 1.807) is 0 Å². The molecule has 1 fully saturated rings. The van der Waals surface area contributed by atoms with Gasteiger partial charge in [-0.3, -0.25) is 0 Å². The highest BCUT2D eigenvalue weighted by atomic mass is 16.7. The Balaban J connectivity index is 1.41. The first-order valence-electron chi connectivity index (χ1n) is 11.2. The van der Waals surface area contributed by atoms with Crippen LogP contribution in [0.2, 0.25) is 0 Å². The van der Waals surface area contributed by atoms with Crippen LogP contribution in [-0.2, 0) is 15.7 Å². The van der Waals surface area contributed by atoms with Gasteiger partial charge in [-0.15, -0.1) is 0 Å². The number of hydrogen-bond donors (Lipinski definition) is 1. The largest absolute Gasteiger partial charge is 0.494 e. The fourth-order valence-corrected chi connectivity index (χ4v) is 3.77. The molecule has 4 rings (SSSR count). The first-order valence-corrected chi connectivity index (χ1v) is 11.2. The van der Waals surface area contributed by atoms with Crippen molar-refractivity contribution >= 4 is 24.0 Å².